The highest BCUT2D eigenvalue weighted by Gasteiger charge is 2.29. The van der Waals surface area contributed by atoms with Crippen LogP contribution in [0, 0.1) is 0 Å². The Balaban J connectivity index is 1.66. The molecule has 5 heteroatoms. The summed E-state index contributed by atoms with van der Waals surface area (Å²) in [4.78, 5) is 14.6. The molecule has 5 nitrogen and oxygen atoms in total. The van der Waals surface area contributed by atoms with Crippen LogP contribution >= 0.6 is 0 Å². The molecule has 1 amide bonds. The van der Waals surface area contributed by atoms with Crippen molar-refractivity contribution in [3.8, 4) is 0 Å². The molecular weight excluding hydrogens is 326 g/mol. The van der Waals surface area contributed by atoms with Crippen molar-refractivity contribution in [3.05, 3.63) is 71.8 Å². The van der Waals surface area contributed by atoms with Gasteiger partial charge in [0.15, 0.2) is 0 Å². The highest BCUT2D eigenvalue weighted by molar-refractivity contribution is 5.78. The maximum atomic E-state index is 12.6. The molecule has 0 aliphatic carbocycles. The Morgan fingerprint density at radius 2 is 1.81 bits per heavy atom. The summed E-state index contributed by atoms with van der Waals surface area (Å²) in [5.74, 6) is -0.0311. The Morgan fingerprint density at radius 1 is 1.15 bits per heavy atom. The Hall–Kier alpha value is -2.21. The maximum absolute atomic E-state index is 12.6. The standard InChI is InChI=1S/C21H27N3O2/c1-24(19-13-22-14-20(19)25)15-21(26)23-18(17-10-6-3-7-11-17)12-16-8-4-2-5-9-16/h2-11,18-20,22,25H,12-15H2,1H3,(H,23,26)/t18?,19-,20-/m1/s1. The van der Waals surface area contributed by atoms with E-state index in [0.717, 1.165) is 12.0 Å². The van der Waals surface area contributed by atoms with Gasteiger partial charge in [-0.2, -0.15) is 0 Å². The average molecular weight is 353 g/mol. The van der Waals surface area contributed by atoms with Crippen LogP contribution in [0.15, 0.2) is 60.7 Å². The molecule has 1 unspecified atom stereocenters. The van der Waals surface area contributed by atoms with E-state index in [1.54, 1.807) is 0 Å². The van der Waals surface area contributed by atoms with Crippen LogP contribution in [0.5, 0.6) is 0 Å². The number of hydrogen-bond acceptors (Lipinski definition) is 4. The predicted molar refractivity (Wildman–Crippen MR) is 103 cm³/mol. The highest BCUT2D eigenvalue weighted by Crippen LogP contribution is 2.18. The zero-order chi connectivity index (χ0) is 18.4. The molecule has 3 N–H and O–H groups in total. The van der Waals surface area contributed by atoms with Gasteiger partial charge in [-0.1, -0.05) is 60.7 Å². The Morgan fingerprint density at radius 3 is 2.42 bits per heavy atom. The second-order valence-corrected chi connectivity index (χ2v) is 6.93. The number of aliphatic hydroxyl groups is 1. The van der Waals surface area contributed by atoms with Gasteiger partial charge in [0.2, 0.25) is 5.91 Å². The van der Waals surface area contributed by atoms with Crippen LogP contribution in [0.25, 0.3) is 0 Å². The fourth-order valence-electron chi connectivity index (χ4n) is 3.47. The van der Waals surface area contributed by atoms with Crippen molar-refractivity contribution in [2.24, 2.45) is 0 Å². The van der Waals surface area contributed by atoms with Gasteiger partial charge >= 0.3 is 0 Å². The topological polar surface area (TPSA) is 64.6 Å². The Kier molecular flexibility index (Phi) is 6.39. The van der Waals surface area contributed by atoms with Crippen LogP contribution < -0.4 is 10.6 Å². The molecule has 0 spiro atoms. The molecule has 1 fully saturated rings. The third-order valence-corrected chi connectivity index (χ3v) is 4.93. The minimum absolute atomic E-state index is 0.0231. The van der Waals surface area contributed by atoms with Crippen LogP contribution in [0.4, 0.5) is 0 Å². The highest BCUT2D eigenvalue weighted by atomic mass is 16.3. The van der Waals surface area contributed by atoms with Gasteiger partial charge in [0.05, 0.1) is 18.7 Å². The number of aliphatic hydroxyl groups excluding tert-OH is 1. The molecule has 3 atom stereocenters. The monoisotopic (exact) mass is 353 g/mol. The molecule has 1 aliphatic heterocycles. The SMILES string of the molecule is CN(CC(=O)NC(Cc1ccccc1)c1ccccc1)[C@@H]1CNC[C@H]1O. The first-order valence-corrected chi connectivity index (χ1v) is 9.10. The van der Waals surface area contributed by atoms with Crippen LogP contribution in [0.3, 0.4) is 0 Å². The van der Waals surface area contributed by atoms with Crippen LogP contribution in [0.2, 0.25) is 0 Å². The number of amides is 1. The predicted octanol–water partition coefficient (Wildman–Crippen LogP) is 1.35. The average Bonchev–Trinajstić information content (AvgIpc) is 3.09. The first-order chi connectivity index (χ1) is 12.6. The van der Waals surface area contributed by atoms with Crippen LogP contribution in [0.1, 0.15) is 17.2 Å². The summed E-state index contributed by atoms with van der Waals surface area (Å²) in [6.07, 6.45) is 0.315. The van der Waals surface area contributed by atoms with Crippen molar-refractivity contribution >= 4 is 5.91 Å². The molecule has 0 saturated carbocycles. The molecule has 0 bridgehead atoms. The number of hydrogen-bond donors (Lipinski definition) is 3. The van der Waals surface area contributed by atoms with Gasteiger partial charge < -0.3 is 15.7 Å². The summed E-state index contributed by atoms with van der Waals surface area (Å²) >= 11 is 0. The smallest absolute Gasteiger partial charge is 0.234 e. The van der Waals surface area contributed by atoms with E-state index in [1.807, 2.05) is 60.5 Å². The van der Waals surface area contributed by atoms with E-state index in [0.29, 0.717) is 13.1 Å². The van der Waals surface area contributed by atoms with Gasteiger partial charge in [-0.25, -0.2) is 0 Å². The first-order valence-electron chi connectivity index (χ1n) is 9.10. The van der Waals surface area contributed by atoms with Gasteiger partial charge in [0.25, 0.3) is 0 Å². The largest absolute Gasteiger partial charge is 0.390 e. The van der Waals surface area contributed by atoms with E-state index in [4.69, 9.17) is 0 Å². The van der Waals surface area contributed by atoms with Gasteiger partial charge in [-0.15, -0.1) is 0 Å². The Labute approximate surface area is 155 Å². The van der Waals surface area contributed by atoms with Gasteiger partial charge in [0, 0.05) is 19.1 Å². The molecule has 1 aliphatic rings. The van der Waals surface area contributed by atoms with E-state index in [1.165, 1.54) is 5.56 Å². The van der Waals surface area contributed by atoms with Crippen molar-refractivity contribution in [2.75, 3.05) is 26.7 Å². The lowest BCUT2D eigenvalue weighted by atomic mass is 9.99. The number of carbonyl (C=O) groups excluding carboxylic acids is 1. The number of carbonyl (C=O) groups is 1. The zero-order valence-corrected chi connectivity index (χ0v) is 15.1. The third-order valence-electron chi connectivity index (χ3n) is 4.93. The molecule has 1 heterocycles. The molecule has 3 rings (SSSR count). The molecule has 1 saturated heterocycles. The summed E-state index contributed by atoms with van der Waals surface area (Å²) in [6.45, 7) is 1.55. The number of rotatable bonds is 7. The van der Waals surface area contributed by atoms with Crippen molar-refractivity contribution < 1.29 is 9.90 Å². The van der Waals surface area contributed by atoms with E-state index < -0.39 is 6.10 Å². The van der Waals surface area contributed by atoms with Crippen molar-refractivity contribution in [1.82, 2.24) is 15.5 Å². The van der Waals surface area contributed by atoms with E-state index in [9.17, 15) is 9.90 Å². The molecule has 26 heavy (non-hydrogen) atoms. The molecule has 0 aromatic heterocycles. The Bertz CT molecular complexity index is 693. The summed E-state index contributed by atoms with van der Waals surface area (Å²) in [7, 11) is 1.88. The quantitative estimate of drug-likeness (QED) is 0.703. The maximum Gasteiger partial charge on any atom is 0.234 e. The van der Waals surface area contributed by atoms with E-state index >= 15 is 0 Å². The first kappa shape index (κ1) is 18.6. The van der Waals surface area contributed by atoms with E-state index in [-0.39, 0.29) is 24.5 Å². The summed E-state index contributed by atoms with van der Waals surface area (Å²) in [5, 5.41) is 16.3. The second-order valence-electron chi connectivity index (χ2n) is 6.93. The van der Waals surface area contributed by atoms with Gasteiger partial charge in [-0.3, -0.25) is 9.69 Å². The van der Waals surface area contributed by atoms with Crippen molar-refractivity contribution in [2.45, 2.75) is 24.6 Å². The number of nitrogens with zero attached hydrogens (tertiary/aromatic N) is 1. The minimum atomic E-state index is -0.429. The van der Waals surface area contributed by atoms with Crippen LogP contribution in [-0.2, 0) is 11.2 Å². The van der Waals surface area contributed by atoms with Crippen LogP contribution in [-0.4, -0.2) is 54.7 Å². The zero-order valence-electron chi connectivity index (χ0n) is 15.1. The van der Waals surface area contributed by atoms with Crippen molar-refractivity contribution in [1.29, 1.82) is 0 Å². The molecule has 0 radical (unpaired) electrons. The molecular formula is C21H27N3O2. The lowest BCUT2D eigenvalue weighted by Gasteiger charge is -2.27. The number of benzene rings is 2. The van der Waals surface area contributed by atoms with E-state index in [2.05, 4.69) is 22.8 Å². The fourth-order valence-corrected chi connectivity index (χ4v) is 3.47. The number of β-amino-alcohol motifs (C(OH)–C–C–N with tert-alkyl or cyclic N) is 1. The summed E-state index contributed by atoms with van der Waals surface area (Å²) < 4.78 is 0. The normalized spacial score (nSPS) is 20.9. The van der Waals surface area contributed by atoms with Crippen molar-refractivity contribution in [3.63, 3.8) is 0 Å². The molecule has 138 valence electrons. The second kappa shape index (κ2) is 8.94. The lowest BCUT2D eigenvalue weighted by Crippen LogP contribution is -2.46. The molecule has 2 aromatic rings. The van der Waals surface area contributed by atoms with Gasteiger partial charge in [-0.05, 0) is 24.6 Å². The summed E-state index contributed by atoms with van der Waals surface area (Å²) in [5.41, 5.74) is 2.28. The third kappa shape index (κ3) is 4.91. The molecule has 2 aromatic carbocycles. The fraction of sp³-hybridized carbons (Fsp3) is 0.381. The minimum Gasteiger partial charge on any atom is -0.390 e. The number of likely N-dealkylation sites (N-methyl/N-ethyl adjacent to an activating group) is 1. The van der Waals surface area contributed by atoms with Gasteiger partial charge in [0.1, 0.15) is 0 Å². The lowest BCUT2D eigenvalue weighted by molar-refractivity contribution is -0.123. The summed E-state index contributed by atoms with van der Waals surface area (Å²) in [6, 6.07) is 20.1. The number of nitrogens with one attached hydrogen (secondary N) is 2.